The molecule has 1 unspecified atom stereocenters. The minimum absolute atomic E-state index is 0.0677. The van der Waals surface area contributed by atoms with Crippen LogP contribution in [-0.2, 0) is 0 Å². The Kier molecular flexibility index (Phi) is 4.17. The van der Waals surface area contributed by atoms with Crippen molar-refractivity contribution in [1.82, 2.24) is 0 Å². The summed E-state index contributed by atoms with van der Waals surface area (Å²) >= 11 is 1.48. The second kappa shape index (κ2) is 4.99. The Morgan fingerprint density at radius 1 is 1.33 bits per heavy atom. The number of hydrogen-bond donors (Lipinski definition) is 1. The van der Waals surface area contributed by atoms with Crippen molar-refractivity contribution >= 4 is 11.8 Å². The standard InChI is InChI=1S/C12H18FNS/c1-12(2,3)11(14)8-15-10-7-5-4-6-9(10)13/h4-7,11H,8,14H2,1-3H3. The Hall–Kier alpha value is -0.540. The molecule has 0 spiro atoms. The molecule has 0 aliphatic rings. The van der Waals surface area contributed by atoms with Crippen LogP contribution in [0.25, 0.3) is 0 Å². The molecule has 0 saturated carbocycles. The van der Waals surface area contributed by atoms with Gasteiger partial charge in [-0.25, -0.2) is 4.39 Å². The van der Waals surface area contributed by atoms with Crippen LogP contribution in [0.15, 0.2) is 29.2 Å². The maximum atomic E-state index is 13.3. The number of nitrogens with two attached hydrogens (primary N) is 1. The zero-order chi connectivity index (χ0) is 11.5. The van der Waals surface area contributed by atoms with Crippen LogP contribution >= 0.6 is 11.8 Å². The molecule has 2 N–H and O–H groups in total. The van der Waals surface area contributed by atoms with E-state index in [0.717, 1.165) is 5.75 Å². The molecule has 1 aromatic rings. The lowest BCUT2D eigenvalue weighted by molar-refractivity contribution is 0.344. The van der Waals surface area contributed by atoms with E-state index in [4.69, 9.17) is 5.73 Å². The van der Waals surface area contributed by atoms with Gasteiger partial charge in [0, 0.05) is 16.7 Å². The fourth-order valence-corrected chi connectivity index (χ4v) is 2.23. The van der Waals surface area contributed by atoms with Crippen molar-refractivity contribution in [3.05, 3.63) is 30.1 Å². The van der Waals surface area contributed by atoms with Crippen LogP contribution in [0.2, 0.25) is 0 Å². The first-order valence-corrected chi connectivity index (χ1v) is 6.02. The normalized spacial score (nSPS) is 13.9. The van der Waals surface area contributed by atoms with Crippen LogP contribution in [0.4, 0.5) is 4.39 Å². The van der Waals surface area contributed by atoms with Crippen molar-refractivity contribution in [2.45, 2.75) is 31.7 Å². The summed E-state index contributed by atoms with van der Waals surface area (Å²) in [6.07, 6.45) is 0. The van der Waals surface area contributed by atoms with Crippen LogP contribution in [0, 0.1) is 11.2 Å². The Morgan fingerprint density at radius 2 is 1.93 bits per heavy atom. The largest absolute Gasteiger partial charge is 0.326 e. The highest BCUT2D eigenvalue weighted by Gasteiger charge is 2.20. The van der Waals surface area contributed by atoms with Crippen molar-refractivity contribution in [3.63, 3.8) is 0 Å². The Labute approximate surface area is 95.2 Å². The molecule has 1 aromatic carbocycles. The van der Waals surface area contributed by atoms with E-state index in [1.807, 2.05) is 6.07 Å². The highest BCUT2D eigenvalue weighted by molar-refractivity contribution is 7.99. The number of halogens is 1. The lowest BCUT2D eigenvalue weighted by Gasteiger charge is -2.26. The summed E-state index contributed by atoms with van der Waals surface area (Å²) in [4.78, 5) is 0.678. The van der Waals surface area contributed by atoms with Gasteiger partial charge >= 0.3 is 0 Å². The third kappa shape index (κ3) is 3.84. The fraction of sp³-hybridized carbons (Fsp3) is 0.500. The first-order chi connectivity index (χ1) is 6.91. The quantitative estimate of drug-likeness (QED) is 0.802. The van der Waals surface area contributed by atoms with Gasteiger partial charge in [-0.15, -0.1) is 11.8 Å². The maximum Gasteiger partial charge on any atom is 0.136 e. The van der Waals surface area contributed by atoms with Gasteiger partial charge in [0.05, 0.1) is 0 Å². The van der Waals surface area contributed by atoms with Crippen LogP contribution in [0.3, 0.4) is 0 Å². The average molecular weight is 227 g/mol. The van der Waals surface area contributed by atoms with E-state index >= 15 is 0 Å². The summed E-state index contributed by atoms with van der Waals surface area (Å²) in [6, 6.07) is 6.87. The first-order valence-electron chi connectivity index (χ1n) is 5.04. The van der Waals surface area contributed by atoms with Gasteiger partial charge in [-0.05, 0) is 17.5 Å². The molecule has 0 amide bonds. The van der Waals surface area contributed by atoms with Crippen LogP contribution in [0.5, 0.6) is 0 Å². The molecule has 15 heavy (non-hydrogen) atoms. The summed E-state index contributed by atoms with van der Waals surface area (Å²) in [6.45, 7) is 6.29. The van der Waals surface area contributed by atoms with Gasteiger partial charge in [0.15, 0.2) is 0 Å². The monoisotopic (exact) mass is 227 g/mol. The summed E-state index contributed by atoms with van der Waals surface area (Å²) < 4.78 is 13.3. The van der Waals surface area contributed by atoms with Gasteiger partial charge in [-0.2, -0.15) is 0 Å². The minimum Gasteiger partial charge on any atom is -0.326 e. The van der Waals surface area contributed by atoms with E-state index in [2.05, 4.69) is 20.8 Å². The molecule has 0 saturated heterocycles. The Balaban J connectivity index is 2.55. The van der Waals surface area contributed by atoms with Crippen molar-refractivity contribution in [2.24, 2.45) is 11.1 Å². The fourth-order valence-electron chi connectivity index (χ4n) is 0.991. The van der Waals surface area contributed by atoms with Crippen LogP contribution < -0.4 is 5.73 Å². The molecule has 84 valence electrons. The second-order valence-corrected chi connectivity index (χ2v) is 5.78. The molecule has 3 heteroatoms. The summed E-state index contributed by atoms with van der Waals surface area (Å²) in [5.74, 6) is 0.577. The van der Waals surface area contributed by atoms with Gasteiger partial charge in [0.1, 0.15) is 5.82 Å². The second-order valence-electron chi connectivity index (χ2n) is 4.71. The molecular formula is C12H18FNS. The molecule has 0 radical (unpaired) electrons. The van der Waals surface area contributed by atoms with Gasteiger partial charge in [-0.1, -0.05) is 32.9 Å². The number of benzene rings is 1. The number of rotatable bonds is 3. The van der Waals surface area contributed by atoms with Crippen molar-refractivity contribution < 1.29 is 4.39 Å². The smallest absolute Gasteiger partial charge is 0.136 e. The predicted molar refractivity (Wildman–Crippen MR) is 64.6 cm³/mol. The highest BCUT2D eigenvalue weighted by atomic mass is 32.2. The summed E-state index contributed by atoms with van der Waals surface area (Å²) in [5, 5.41) is 0. The first kappa shape index (κ1) is 12.5. The SMILES string of the molecule is CC(C)(C)C(N)CSc1ccccc1F. The molecule has 1 rings (SSSR count). The third-order valence-corrected chi connectivity index (χ3v) is 3.54. The van der Waals surface area contributed by atoms with E-state index < -0.39 is 0 Å². The molecular weight excluding hydrogens is 209 g/mol. The highest BCUT2D eigenvalue weighted by Crippen LogP contribution is 2.26. The van der Waals surface area contributed by atoms with E-state index in [-0.39, 0.29) is 17.3 Å². The van der Waals surface area contributed by atoms with Crippen LogP contribution in [0.1, 0.15) is 20.8 Å². The van der Waals surface area contributed by atoms with Crippen molar-refractivity contribution in [3.8, 4) is 0 Å². The van der Waals surface area contributed by atoms with E-state index in [1.54, 1.807) is 12.1 Å². The molecule has 1 nitrogen and oxygen atoms in total. The Bertz CT molecular complexity index is 320. The van der Waals surface area contributed by atoms with Crippen molar-refractivity contribution in [2.75, 3.05) is 5.75 Å². The topological polar surface area (TPSA) is 26.0 Å². The summed E-state index contributed by atoms with van der Waals surface area (Å²) in [5.41, 5.74) is 6.07. The van der Waals surface area contributed by atoms with Gasteiger partial charge in [-0.3, -0.25) is 0 Å². The third-order valence-electron chi connectivity index (χ3n) is 2.37. The zero-order valence-electron chi connectivity index (χ0n) is 9.46. The molecule has 0 heterocycles. The molecule has 1 atom stereocenters. The molecule has 0 bridgehead atoms. The lowest BCUT2D eigenvalue weighted by Crippen LogP contribution is -2.37. The van der Waals surface area contributed by atoms with Gasteiger partial charge in [0.25, 0.3) is 0 Å². The van der Waals surface area contributed by atoms with Gasteiger partial charge < -0.3 is 5.73 Å². The number of hydrogen-bond acceptors (Lipinski definition) is 2. The molecule has 0 aliphatic heterocycles. The zero-order valence-corrected chi connectivity index (χ0v) is 10.3. The lowest BCUT2D eigenvalue weighted by atomic mass is 9.89. The molecule has 0 fully saturated rings. The summed E-state index contributed by atoms with van der Waals surface area (Å²) in [7, 11) is 0. The average Bonchev–Trinajstić information content (AvgIpc) is 2.14. The van der Waals surface area contributed by atoms with E-state index in [0.29, 0.717) is 4.90 Å². The minimum atomic E-state index is -0.163. The van der Waals surface area contributed by atoms with E-state index in [9.17, 15) is 4.39 Å². The van der Waals surface area contributed by atoms with Crippen LogP contribution in [-0.4, -0.2) is 11.8 Å². The van der Waals surface area contributed by atoms with Gasteiger partial charge in [0.2, 0.25) is 0 Å². The Morgan fingerprint density at radius 3 is 2.47 bits per heavy atom. The maximum absolute atomic E-state index is 13.3. The molecule has 0 aliphatic carbocycles. The molecule has 0 aromatic heterocycles. The van der Waals surface area contributed by atoms with Crippen molar-refractivity contribution in [1.29, 1.82) is 0 Å². The predicted octanol–water partition coefficient (Wildman–Crippen LogP) is 3.29. The number of thioether (sulfide) groups is 1. The van der Waals surface area contributed by atoms with E-state index in [1.165, 1.54) is 17.8 Å².